The average Bonchev–Trinajstić information content (AvgIpc) is 3.31. The highest BCUT2D eigenvalue weighted by Crippen LogP contribution is 2.36. The smallest absolute Gasteiger partial charge is 0.254 e. The average molecular weight is 603 g/mol. The molecule has 44 heavy (non-hydrogen) atoms. The fourth-order valence-electron chi connectivity index (χ4n) is 6.81. The van der Waals surface area contributed by atoms with Gasteiger partial charge in [0.2, 0.25) is 5.91 Å². The molecule has 2 N–H and O–H groups in total. The summed E-state index contributed by atoms with van der Waals surface area (Å²) in [7, 11) is 0. The Morgan fingerprint density at radius 3 is 2.32 bits per heavy atom. The molecule has 3 amide bonds. The van der Waals surface area contributed by atoms with Gasteiger partial charge in [-0.05, 0) is 83.5 Å². The van der Waals surface area contributed by atoms with Crippen LogP contribution >= 0.6 is 0 Å². The molecule has 0 bridgehead atoms. The number of hydrogen-bond acceptors (Lipinski definition) is 7. The fraction of sp³-hybridized carbons (Fsp3) is 0.571. The molecule has 1 aromatic heterocycles. The number of piperazine rings is 1. The van der Waals surface area contributed by atoms with Crippen LogP contribution in [0.3, 0.4) is 0 Å². The van der Waals surface area contributed by atoms with E-state index < -0.39 is 11.0 Å². The maximum atomic E-state index is 13.5. The number of nitrogens with zero attached hydrogens (tertiary/aromatic N) is 5. The van der Waals surface area contributed by atoms with Crippen LogP contribution in [0, 0.1) is 12.3 Å². The number of hydrogen-bond donors (Lipinski definition) is 1. The van der Waals surface area contributed by atoms with E-state index in [1.807, 2.05) is 32.6 Å². The van der Waals surface area contributed by atoms with Crippen LogP contribution in [0.5, 0.6) is 0 Å². The summed E-state index contributed by atoms with van der Waals surface area (Å²) < 4.78 is 0. The summed E-state index contributed by atoms with van der Waals surface area (Å²) in [6, 6.07) is 6.48. The number of benzene rings is 1. The van der Waals surface area contributed by atoms with Gasteiger partial charge in [0.05, 0.1) is 5.52 Å². The van der Waals surface area contributed by atoms with Crippen LogP contribution < -0.4 is 5.73 Å². The molecule has 2 aliphatic heterocycles. The zero-order valence-corrected chi connectivity index (χ0v) is 27.7. The Labute approximate surface area is 262 Å². The molecule has 0 atom stereocenters. The first-order valence-corrected chi connectivity index (χ1v) is 16.0. The normalized spacial score (nSPS) is 16.9. The van der Waals surface area contributed by atoms with Gasteiger partial charge in [-0.3, -0.25) is 29.2 Å². The lowest BCUT2D eigenvalue weighted by Gasteiger charge is -2.43. The Kier molecular flexibility index (Phi) is 10.3. The largest absolute Gasteiger partial charge is 0.382 e. The number of amides is 3. The number of pyridine rings is 1. The summed E-state index contributed by atoms with van der Waals surface area (Å²) in [5, 5.41) is 1.09. The van der Waals surface area contributed by atoms with E-state index >= 15 is 0 Å². The second-order valence-corrected chi connectivity index (χ2v) is 13.7. The standard InChI is InChI=1S/C35H50N6O3/c1-8-9-11-24(2)37-31-25(3)27-14-13-26(22-28(27)38-32(31)36)12-10-17-39-18-20-40(21-19-39)33(44)34(4,5)23-35(6,7)41-29(42)15-16-30(41)43/h13-16,22H,8-12,17-21,23H2,1-7H3,(H2,36,38). The Bertz CT molecular complexity index is 1450. The van der Waals surface area contributed by atoms with Crippen molar-refractivity contribution in [2.24, 2.45) is 10.4 Å². The van der Waals surface area contributed by atoms with E-state index in [0.717, 1.165) is 79.6 Å². The third-order valence-corrected chi connectivity index (χ3v) is 8.97. The molecule has 2 aliphatic rings. The van der Waals surface area contributed by atoms with E-state index in [0.29, 0.717) is 25.3 Å². The fourth-order valence-corrected chi connectivity index (χ4v) is 6.81. The van der Waals surface area contributed by atoms with Crippen molar-refractivity contribution in [2.45, 2.75) is 92.5 Å². The summed E-state index contributed by atoms with van der Waals surface area (Å²) in [5.41, 5.74) is 9.99. The number of imide groups is 1. The van der Waals surface area contributed by atoms with E-state index in [1.54, 1.807) is 0 Å². The van der Waals surface area contributed by atoms with E-state index in [9.17, 15) is 14.4 Å². The molecule has 1 fully saturated rings. The topological polar surface area (TPSA) is 112 Å². The van der Waals surface area contributed by atoms with Crippen molar-refractivity contribution in [3.63, 3.8) is 0 Å². The number of anilines is 1. The second kappa shape index (κ2) is 13.6. The predicted octanol–water partition coefficient (Wildman–Crippen LogP) is 5.60. The van der Waals surface area contributed by atoms with Crippen molar-refractivity contribution in [2.75, 3.05) is 38.5 Å². The number of aryl methyl sites for hydroxylation is 2. The number of carbonyl (C=O) groups excluding carboxylic acids is 3. The van der Waals surface area contributed by atoms with Gasteiger partial charge in [-0.15, -0.1) is 0 Å². The monoisotopic (exact) mass is 602 g/mol. The molecule has 9 heteroatoms. The van der Waals surface area contributed by atoms with Crippen LogP contribution in [0.2, 0.25) is 0 Å². The second-order valence-electron chi connectivity index (χ2n) is 13.7. The lowest BCUT2D eigenvalue weighted by atomic mass is 9.78. The van der Waals surface area contributed by atoms with Crippen LogP contribution in [-0.2, 0) is 20.8 Å². The molecule has 0 saturated carbocycles. The highest BCUT2D eigenvalue weighted by Gasteiger charge is 2.44. The van der Waals surface area contributed by atoms with Gasteiger partial charge in [0.1, 0.15) is 11.5 Å². The Morgan fingerprint density at radius 1 is 1.02 bits per heavy atom. The quantitative estimate of drug-likeness (QED) is 0.250. The minimum absolute atomic E-state index is 0.0699. The molecule has 3 heterocycles. The first-order chi connectivity index (χ1) is 20.7. The van der Waals surface area contributed by atoms with E-state index in [2.05, 4.69) is 43.9 Å². The van der Waals surface area contributed by atoms with Gasteiger partial charge in [-0.2, -0.15) is 0 Å². The molecule has 0 spiro atoms. The molecule has 1 saturated heterocycles. The third kappa shape index (κ3) is 7.54. The summed E-state index contributed by atoms with van der Waals surface area (Å²) in [4.78, 5) is 53.2. The number of fused-ring (bicyclic) bond motifs is 1. The lowest BCUT2D eigenvalue weighted by molar-refractivity contribution is -0.150. The van der Waals surface area contributed by atoms with Crippen LogP contribution in [0.4, 0.5) is 11.5 Å². The SMILES string of the molecule is CCCCC(C)=Nc1c(N)nc2cc(CCCN3CCN(C(=O)C(C)(C)CC(C)(C)N4C(=O)C=CC4=O)CC3)ccc2c1C. The van der Waals surface area contributed by atoms with Gasteiger partial charge in [0.15, 0.2) is 0 Å². The van der Waals surface area contributed by atoms with Crippen molar-refractivity contribution < 1.29 is 14.4 Å². The number of aromatic nitrogens is 1. The third-order valence-electron chi connectivity index (χ3n) is 8.97. The van der Waals surface area contributed by atoms with Crippen molar-refractivity contribution in [1.82, 2.24) is 19.7 Å². The lowest BCUT2D eigenvalue weighted by Crippen LogP contribution is -2.55. The number of unbranched alkanes of at least 4 members (excludes halogenated alkanes) is 1. The summed E-state index contributed by atoms with van der Waals surface area (Å²) in [6.45, 7) is 17.8. The van der Waals surface area contributed by atoms with Crippen LogP contribution in [0.25, 0.3) is 10.9 Å². The van der Waals surface area contributed by atoms with Gasteiger partial charge < -0.3 is 10.6 Å². The highest BCUT2D eigenvalue weighted by molar-refractivity contribution is 6.13. The molecular formula is C35H50N6O3. The number of carbonyl (C=O) groups is 3. The summed E-state index contributed by atoms with van der Waals surface area (Å²) in [6.07, 6.45) is 8.18. The molecule has 0 unspecified atom stereocenters. The van der Waals surface area contributed by atoms with Crippen LogP contribution in [0.15, 0.2) is 35.3 Å². The van der Waals surface area contributed by atoms with E-state index in [1.165, 1.54) is 22.6 Å². The number of rotatable bonds is 12. The first-order valence-electron chi connectivity index (χ1n) is 16.0. The molecule has 9 nitrogen and oxygen atoms in total. The molecule has 0 radical (unpaired) electrons. The maximum absolute atomic E-state index is 13.5. The molecule has 1 aromatic carbocycles. The Hall–Kier alpha value is -3.59. The zero-order valence-electron chi connectivity index (χ0n) is 27.7. The van der Waals surface area contributed by atoms with Crippen LogP contribution in [0.1, 0.15) is 84.8 Å². The number of aliphatic imine (C=N–C) groups is 1. The predicted molar refractivity (Wildman–Crippen MR) is 178 cm³/mol. The molecule has 4 rings (SSSR count). The first kappa shape index (κ1) is 33.3. The highest BCUT2D eigenvalue weighted by atomic mass is 16.2. The molecule has 238 valence electrons. The summed E-state index contributed by atoms with van der Waals surface area (Å²) in [5.74, 6) is -0.0796. The van der Waals surface area contributed by atoms with E-state index in [-0.39, 0.29) is 17.7 Å². The molecular weight excluding hydrogens is 552 g/mol. The van der Waals surface area contributed by atoms with Gasteiger partial charge in [-0.25, -0.2) is 4.98 Å². The zero-order chi connectivity index (χ0) is 32.2. The van der Waals surface area contributed by atoms with Crippen molar-refractivity contribution in [3.8, 4) is 0 Å². The van der Waals surface area contributed by atoms with E-state index in [4.69, 9.17) is 15.7 Å². The van der Waals surface area contributed by atoms with Crippen molar-refractivity contribution >= 4 is 45.8 Å². The van der Waals surface area contributed by atoms with Gasteiger partial charge in [0, 0.05) is 60.4 Å². The minimum atomic E-state index is -0.759. The van der Waals surface area contributed by atoms with Crippen LogP contribution in [-0.4, -0.2) is 81.4 Å². The number of nitrogens with two attached hydrogens (primary N) is 1. The van der Waals surface area contributed by atoms with Gasteiger partial charge in [-0.1, -0.05) is 39.3 Å². The summed E-state index contributed by atoms with van der Waals surface area (Å²) >= 11 is 0. The van der Waals surface area contributed by atoms with Crippen molar-refractivity contribution in [1.29, 1.82) is 0 Å². The van der Waals surface area contributed by atoms with Gasteiger partial charge in [0.25, 0.3) is 11.8 Å². The maximum Gasteiger partial charge on any atom is 0.254 e. The molecule has 0 aliphatic carbocycles. The molecule has 2 aromatic rings. The van der Waals surface area contributed by atoms with Gasteiger partial charge >= 0.3 is 0 Å². The Morgan fingerprint density at radius 2 is 1.68 bits per heavy atom. The van der Waals surface area contributed by atoms with Crippen molar-refractivity contribution in [3.05, 3.63) is 41.5 Å². The minimum Gasteiger partial charge on any atom is -0.382 e. The number of nitrogen functional groups attached to an aromatic ring is 1. The Balaban J connectivity index is 1.28.